The third-order valence-electron chi connectivity index (χ3n) is 3.87. The maximum Gasteiger partial charge on any atom is 0.254 e. The van der Waals surface area contributed by atoms with Gasteiger partial charge in [0.2, 0.25) is 5.95 Å². The van der Waals surface area contributed by atoms with E-state index in [1.54, 1.807) is 31.5 Å². The average molecular weight is 325 g/mol. The maximum atomic E-state index is 12.0. The molecule has 0 atom stereocenters. The molecule has 0 amide bonds. The summed E-state index contributed by atoms with van der Waals surface area (Å²) in [6.07, 6.45) is 1.60. The van der Waals surface area contributed by atoms with Gasteiger partial charge in [-0.2, -0.15) is 0 Å². The number of hydrogen-bond acceptors (Lipinski definition) is 4. The molecule has 0 aliphatic carbocycles. The number of aryl methyl sites for hydroxylation is 2. The van der Waals surface area contributed by atoms with Crippen LogP contribution in [-0.4, -0.2) is 16.6 Å². The summed E-state index contributed by atoms with van der Waals surface area (Å²) in [6, 6.07) is 14.2. The fourth-order valence-corrected chi connectivity index (χ4v) is 3.40. The molecule has 0 aliphatic rings. The highest BCUT2D eigenvalue weighted by Gasteiger charge is 2.08. The van der Waals surface area contributed by atoms with Gasteiger partial charge in [0.1, 0.15) is 0 Å². The number of thiophene rings is 1. The molecule has 5 heteroatoms. The van der Waals surface area contributed by atoms with E-state index in [0.717, 1.165) is 18.5 Å². The van der Waals surface area contributed by atoms with E-state index in [0.29, 0.717) is 5.95 Å². The van der Waals surface area contributed by atoms with E-state index in [1.165, 1.54) is 20.6 Å². The summed E-state index contributed by atoms with van der Waals surface area (Å²) in [7, 11) is 3.49. The van der Waals surface area contributed by atoms with Gasteiger partial charge in [0.15, 0.2) is 0 Å². The summed E-state index contributed by atoms with van der Waals surface area (Å²) < 4.78 is 1.52. The molecule has 2 aromatic heterocycles. The second-order valence-electron chi connectivity index (χ2n) is 5.35. The Kier molecular flexibility index (Phi) is 4.57. The van der Waals surface area contributed by atoms with Crippen molar-refractivity contribution in [3.05, 3.63) is 69.5 Å². The maximum absolute atomic E-state index is 12.0. The van der Waals surface area contributed by atoms with Crippen LogP contribution in [0, 0.1) is 0 Å². The summed E-state index contributed by atoms with van der Waals surface area (Å²) in [5.74, 6) is 0.596. The second-order valence-corrected chi connectivity index (χ2v) is 6.30. The molecule has 1 aromatic carbocycles. The Morgan fingerprint density at radius 3 is 2.74 bits per heavy atom. The van der Waals surface area contributed by atoms with Gasteiger partial charge in [0.25, 0.3) is 5.56 Å². The average Bonchev–Trinajstić information content (AvgIpc) is 3.10. The van der Waals surface area contributed by atoms with Crippen molar-refractivity contribution in [3.8, 4) is 10.4 Å². The first kappa shape index (κ1) is 15.5. The van der Waals surface area contributed by atoms with Crippen molar-refractivity contribution in [2.75, 3.05) is 12.4 Å². The molecule has 23 heavy (non-hydrogen) atoms. The molecule has 0 saturated heterocycles. The second kappa shape index (κ2) is 6.79. The van der Waals surface area contributed by atoms with Gasteiger partial charge < -0.3 is 5.32 Å². The lowest BCUT2D eigenvalue weighted by molar-refractivity contribution is 0.799. The molecule has 2 heterocycles. The minimum atomic E-state index is -0.0362. The third kappa shape index (κ3) is 3.35. The molecule has 0 saturated carbocycles. The van der Waals surface area contributed by atoms with Gasteiger partial charge in [-0.25, -0.2) is 4.98 Å². The number of nitrogens with one attached hydrogen (secondary N) is 1. The van der Waals surface area contributed by atoms with Crippen LogP contribution in [0.4, 0.5) is 5.95 Å². The first-order valence-electron chi connectivity index (χ1n) is 7.55. The number of anilines is 1. The molecule has 3 aromatic rings. The summed E-state index contributed by atoms with van der Waals surface area (Å²) in [4.78, 5) is 17.8. The van der Waals surface area contributed by atoms with E-state index < -0.39 is 0 Å². The van der Waals surface area contributed by atoms with Crippen LogP contribution in [-0.2, 0) is 19.9 Å². The molecule has 0 spiro atoms. The lowest BCUT2D eigenvalue weighted by Gasteiger charge is -2.10. The Morgan fingerprint density at radius 2 is 2.00 bits per heavy atom. The Bertz CT molecular complexity index is 853. The van der Waals surface area contributed by atoms with Crippen molar-refractivity contribution >= 4 is 17.3 Å². The topological polar surface area (TPSA) is 46.9 Å². The van der Waals surface area contributed by atoms with Crippen LogP contribution in [0.15, 0.2) is 52.6 Å². The fourth-order valence-electron chi connectivity index (χ4n) is 2.61. The smallest absolute Gasteiger partial charge is 0.254 e. The normalized spacial score (nSPS) is 10.7. The quantitative estimate of drug-likeness (QED) is 0.782. The van der Waals surface area contributed by atoms with Crippen LogP contribution in [0.1, 0.15) is 11.3 Å². The Balaban J connectivity index is 1.85. The lowest BCUT2D eigenvalue weighted by Crippen LogP contribution is -2.21. The van der Waals surface area contributed by atoms with Gasteiger partial charge >= 0.3 is 0 Å². The molecule has 1 N–H and O–H groups in total. The molecule has 3 rings (SSSR count). The summed E-state index contributed by atoms with van der Waals surface area (Å²) in [5.41, 5.74) is 3.33. The van der Waals surface area contributed by atoms with Gasteiger partial charge in [-0.05, 0) is 35.4 Å². The third-order valence-corrected chi connectivity index (χ3v) is 4.77. The van der Waals surface area contributed by atoms with Crippen molar-refractivity contribution in [1.29, 1.82) is 0 Å². The predicted molar refractivity (Wildman–Crippen MR) is 96.2 cm³/mol. The Labute approximate surface area is 139 Å². The Morgan fingerprint density at radius 1 is 1.17 bits per heavy atom. The fraction of sp³-hybridized carbons (Fsp3) is 0.222. The van der Waals surface area contributed by atoms with E-state index in [4.69, 9.17) is 0 Å². The zero-order chi connectivity index (χ0) is 16.2. The molecule has 0 radical (unpaired) electrons. The highest BCUT2D eigenvalue weighted by Crippen LogP contribution is 2.28. The van der Waals surface area contributed by atoms with Crippen molar-refractivity contribution in [3.63, 3.8) is 0 Å². The van der Waals surface area contributed by atoms with Crippen molar-refractivity contribution in [1.82, 2.24) is 9.55 Å². The first-order valence-corrected chi connectivity index (χ1v) is 8.43. The van der Waals surface area contributed by atoms with Gasteiger partial charge in [0.05, 0.1) is 5.69 Å². The highest BCUT2D eigenvalue weighted by molar-refractivity contribution is 7.13. The van der Waals surface area contributed by atoms with Crippen LogP contribution in [0.25, 0.3) is 10.4 Å². The number of benzene rings is 1. The molecule has 118 valence electrons. The van der Waals surface area contributed by atoms with E-state index >= 15 is 0 Å². The van der Waals surface area contributed by atoms with Gasteiger partial charge in [-0.15, -0.1) is 11.3 Å². The Hall–Kier alpha value is -2.40. The predicted octanol–water partition coefficient (Wildman–Crippen LogP) is 3.34. The van der Waals surface area contributed by atoms with Crippen molar-refractivity contribution < 1.29 is 0 Å². The first-order chi connectivity index (χ1) is 11.2. The van der Waals surface area contributed by atoms with Gasteiger partial charge in [0, 0.05) is 25.0 Å². The van der Waals surface area contributed by atoms with Crippen LogP contribution < -0.4 is 10.9 Å². The number of rotatable bonds is 5. The standard InChI is InChI=1S/C18H19N3OS/c1-19-18-20-14(12-17(22)21(18)2)10-9-13-6-3-4-7-15(13)16-8-5-11-23-16/h3-8,11-12H,9-10H2,1-2H3,(H,19,20). The molecule has 0 bridgehead atoms. The molecule has 0 aliphatic heterocycles. The summed E-state index contributed by atoms with van der Waals surface area (Å²) >= 11 is 1.74. The molecular formula is C18H19N3OS. The van der Waals surface area contributed by atoms with Crippen LogP contribution in [0.5, 0.6) is 0 Å². The van der Waals surface area contributed by atoms with Crippen molar-refractivity contribution in [2.24, 2.45) is 7.05 Å². The van der Waals surface area contributed by atoms with E-state index in [9.17, 15) is 4.79 Å². The largest absolute Gasteiger partial charge is 0.359 e. The molecule has 4 nitrogen and oxygen atoms in total. The van der Waals surface area contributed by atoms with Gasteiger partial charge in [-0.3, -0.25) is 9.36 Å². The monoisotopic (exact) mass is 325 g/mol. The van der Waals surface area contributed by atoms with Crippen LogP contribution in [0.2, 0.25) is 0 Å². The van der Waals surface area contributed by atoms with Crippen molar-refractivity contribution in [2.45, 2.75) is 12.8 Å². The molecule has 0 fully saturated rings. The van der Waals surface area contributed by atoms with E-state index in [2.05, 4.69) is 52.1 Å². The highest BCUT2D eigenvalue weighted by atomic mass is 32.1. The van der Waals surface area contributed by atoms with Crippen LogP contribution >= 0.6 is 11.3 Å². The minimum absolute atomic E-state index is 0.0362. The lowest BCUT2D eigenvalue weighted by atomic mass is 10.0. The number of hydrogen-bond donors (Lipinski definition) is 1. The minimum Gasteiger partial charge on any atom is -0.359 e. The molecular weight excluding hydrogens is 306 g/mol. The van der Waals surface area contributed by atoms with Crippen LogP contribution in [0.3, 0.4) is 0 Å². The van der Waals surface area contributed by atoms with Gasteiger partial charge in [-0.1, -0.05) is 30.3 Å². The number of nitrogens with zero attached hydrogens (tertiary/aromatic N) is 2. The zero-order valence-corrected chi connectivity index (χ0v) is 14.1. The zero-order valence-electron chi connectivity index (χ0n) is 13.2. The summed E-state index contributed by atoms with van der Waals surface area (Å²) in [6.45, 7) is 0. The SMILES string of the molecule is CNc1nc(CCc2ccccc2-c2cccs2)cc(=O)n1C. The van der Waals surface area contributed by atoms with E-state index in [1.807, 2.05) is 0 Å². The summed E-state index contributed by atoms with van der Waals surface area (Å²) in [5, 5.41) is 5.05. The number of aromatic nitrogens is 2. The van der Waals surface area contributed by atoms with E-state index in [-0.39, 0.29) is 5.56 Å². The molecule has 0 unspecified atom stereocenters.